The standard InChI is InChI=1S/C18H23N6O3S.Ac/c19-18(20)21-7-3-5-12(23-16(27)13-8-10(25)9-22-13)15(26)17-24-11-4-1-2-6-14(11)28-17;/h1-2,4,6,10,12-13,25H,3,5,7-9H2,(H,23,27)(H4,19,20,21);/q-1;/t10-,12+,13+;/m1./s1. The molecule has 1 radical (unpaired) electrons. The van der Waals surface area contributed by atoms with Gasteiger partial charge in [0.15, 0.2) is 11.0 Å². The number of aliphatic imine (C=N–C) groups is 1. The van der Waals surface area contributed by atoms with E-state index in [2.05, 4.69) is 20.6 Å². The summed E-state index contributed by atoms with van der Waals surface area (Å²) in [6, 6.07) is 6.09. The number of fused-ring (bicyclic) bond motifs is 1. The van der Waals surface area contributed by atoms with E-state index in [0.29, 0.717) is 24.4 Å². The van der Waals surface area contributed by atoms with Gasteiger partial charge in [-0.1, -0.05) is 18.2 Å². The Balaban J connectivity index is 0.00000300. The molecule has 3 rings (SSSR count). The molecule has 0 spiro atoms. The van der Waals surface area contributed by atoms with Crippen molar-refractivity contribution in [3.05, 3.63) is 34.6 Å². The largest absolute Gasteiger partial charge is 0.650 e. The van der Waals surface area contributed by atoms with Crippen molar-refractivity contribution >= 4 is 39.2 Å². The van der Waals surface area contributed by atoms with Crippen molar-refractivity contribution in [2.45, 2.75) is 37.5 Å². The smallest absolute Gasteiger partial charge is 0.213 e. The molecule has 1 aliphatic rings. The van der Waals surface area contributed by atoms with Crippen molar-refractivity contribution in [3.63, 3.8) is 0 Å². The molecule has 2 aromatic rings. The Hall–Kier alpha value is -1.12. The van der Waals surface area contributed by atoms with E-state index in [-0.39, 0.29) is 74.7 Å². The molecule has 9 nitrogen and oxygen atoms in total. The third-order valence-corrected chi connectivity index (χ3v) is 5.47. The summed E-state index contributed by atoms with van der Waals surface area (Å²) in [5.74, 6) is -0.632. The molecule has 6 N–H and O–H groups in total. The molecule has 0 unspecified atom stereocenters. The SMILES string of the molecule is NC(N)=NCCC[C@H](NC(=O)[C@@H]1C[C@@H](O)C[N-]1)C(=O)c1nc2ccccc2s1.[Ac]. The van der Waals surface area contributed by atoms with Gasteiger partial charge in [-0.2, -0.15) is 0 Å². The minimum absolute atomic E-state index is 0. The molecule has 11 heteroatoms. The van der Waals surface area contributed by atoms with Crippen LogP contribution in [0.1, 0.15) is 29.1 Å². The summed E-state index contributed by atoms with van der Waals surface area (Å²) in [6.45, 7) is 0.591. The number of guanidine groups is 1. The summed E-state index contributed by atoms with van der Waals surface area (Å²) < 4.78 is 0.908. The second-order valence-electron chi connectivity index (χ2n) is 6.63. The molecule has 1 fully saturated rings. The van der Waals surface area contributed by atoms with E-state index in [1.54, 1.807) is 0 Å². The second kappa shape index (κ2) is 11.3. The van der Waals surface area contributed by atoms with Crippen LogP contribution in [0.4, 0.5) is 0 Å². The van der Waals surface area contributed by atoms with Gasteiger partial charge >= 0.3 is 0 Å². The van der Waals surface area contributed by atoms with Crippen molar-refractivity contribution in [1.29, 1.82) is 0 Å². The van der Waals surface area contributed by atoms with Crippen LogP contribution in [-0.2, 0) is 4.79 Å². The van der Waals surface area contributed by atoms with E-state index < -0.39 is 18.2 Å². The number of thiazole rings is 1. The van der Waals surface area contributed by atoms with Crippen molar-refractivity contribution in [1.82, 2.24) is 10.3 Å². The minimum Gasteiger partial charge on any atom is -0.650 e. The van der Waals surface area contributed by atoms with Gasteiger partial charge in [-0.25, -0.2) is 4.98 Å². The Kier molecular flexibility index (Phi) is 9.43. The van der Waals surface area contributed by atoms with Crippen molar-refractivity contribution in [2.24, 2.45) is 16.5 Å². The first-order valence-corrected chi connectivity index (χ1v) is 9.86. The van der Waals surface area contributed by atoms with Crippen LogP contribution < -0.4 is 16.8 Å². The summed E-state index contributed by atoms with van der Waals surface area (Å²) in [4.78, 5) is 33.8. The normalized spacial score (nSPS) is 19.3. The number of nitrogens with zero attached hydrogens (tertiary/aromatic N) is 3. The molecule has 153 valence electrons. The number of carbonyl (C=O) groups is 2. The van der Waals surface area contributed by atoms with E-state index >= 15 is 0 Å². The summed E-state index contributed by atoms with van der Waals surface area (Å²) >= 11 is 1.29. The quantitative estimate of drug-likeness (QED) is 0.144. The number of carbonyl (C=O) groups excluding carboxylic acids is 2. The number of para-hydroxylation sites is 1. The molecule has 1 amide bonds. The number of nitrogens with one attached hydrogen (secondary N) is 1. The number of aliphatic hydroxyl groups excluding tert-OH is 1. The van der Waals surface area contributed by atoms with Crippen LogP contribution in [0.3, 0.4) is 0 Å². The monoisotopic (exact) mass is 630 g/mol. The fraction of sp³-hybridized carbons (Fsp3) is 0.444. The number of rotatable bonds is 8. The number of benzene rings is 1. The Bertz CT molecular complexity index is 852. The number of hydrogen-bond acceptors (Lipinski definition) is 6. The molecule has 0 saturated carbocycles. The summed E-state index contributed by atoms with van der Waals surface area (Å²) in [6.07, 6.45) is 0.536. The van der Waals surface area contributed by atoms with Gasteiger partial charge in [0.2, 0.25) is 11.7 Å². The number of amides is 1. The zero-order valence-corrected chi connectivity index (χ0v) is 21.4. The molecule has 0 aliphatic carbocycles. The van der Waals surface area contributed by atoms with Gasteiger partial charge in [-0.15, -0.1) is 17.9 Å². The van der Waals surface area contributed by atoms with Crippen molar-refractivity contribution in [2.75, 3.05) is 13.1 Å². The molecule has 1 aromatic heterocycles. The molecule has 1 aromatic carbocycles. The summed E-state index contributed by atoms with van der Waals surface area (Å²) in [7, 11) is 0. The first-order chi connectivity index (χ1) is 13.4. The summed E-state index contributed by atoms with van der Waals surface area (Å²) in [5.41, 5.74) is 11.4. The van der Waals surface area contributed by atoms with E-state index in [9.17, 15) is 14.7 Å². The number of hydrogen-bond donors (Lipinski definition) is 4. The Labute approximate surface area is 208 Å². The molecule has 1 aliphatic heterocycles. The molecule has 1 saturated heterocycles. The number of nitrogens with two attached hydrogens (primary N) is 2. The van der Waals surface area contributed by atoms with Crippen LogP contribution in [0.15, 0.2) is 29.3 Å². The van der Waals surface area contributed by atoms with Gasteiger partial charge in [0.1, 0.15) is 0 Å². The van der Waals surface area contributed by atoms with E-state index in [1.165, 1.54) is 11.3 Å². The third-order valence-electron chi connectivity index (χ3n) is 4.42. The molecule has 29 heavy (non-hydrogen) atoms. The summed E-state index contributed by atoms with van der Waals surface area (Å²) in [5, 5.41) is 16.8. The number of Topliss-reactive ketones (excluding diaryl/α,β-unsaturated/α-hetero) is 1. The van der Waals surface area contributed by atoms with Gasteiger partial charge < -0.3 is 27.2 Å². The Morgan fingerprint density at radius 3 is 2.79 bits per heavy atom. The van der Waals surface area contributed by atoms with Crippen LogP contribution in [-0.4, -0.2) is 59.0 Å². The maximum absolute atomic E-state index is 13.0. The van der Waals surface area contributed by atoms with Crippen LogP contribution in [0, 0.1) is 44.1 Å². The van der Waals surface area contributed by atoms with Gasteiger partial charge in [0.25, 0.3) is 0 Å². The molecular formula is C18H23AcN6O3S-. The zero-order chi connectivity index (χ0) is 20.1. The fourth-order valence-corrected chi connectivity index (χ4v) is 3.97. The Morgan fingerprint density at radius 2 is 2.14 bits per heavy atom. The predicted molar refractivity (Wildman–Crippen MR) is 108 cm³/mol. The fourth-order valence-electron chi connectivity index (χ4n) is 3.01. The van der Waals surface area contributed by atoms with Crippen molar-refractivity contribution < 1.29 is 58.8 Å². The first kappa shape index (κ1) is 24.2. The van der Waals surface area contributed by atoms with Gasteiger partial charge in [-0.3, -0.25) is 14.6 Å². The number of aliphatic hydroxyl groups is 1. The van der Waals surface area contributed by atoms with Crippen LogP contribution in [0.5, 0.6) is 0 Å². The van der Waals surface area contributed by atoms with Gasteiger partial charge in [-0.05, 0) is 31.4 Å². The molecule has 3 atom stereocenters. The minimum atomic E-state index is -0.754. The van der Waals surface area contributed by atoms with E-state index in [0.717, 1.165) is 10.2 Å². The third kappa shape index (κ3) is 6.69. The zero-order valence-electron chi connectivity index (χ0n) is 15.8. The van der Waals surface area contributed by atoms with Crippen LogP contribution >= 0.6 is 11.3 Å². The Morgan fingerprint density at radius 1 is 1.38 bits per heavy atom. The average molecular weight is 630 g/mol. The maximum atomic E-state index is 13.0. The van der Waals surface area contributed by atoms with Crippen LogP contribution in [0.2, 0.25) is 0 Å². The topological polar surface area (TPSA) is 158 Å². The van der Waals surface area contributed by atoms with Gasteiger partial charge in [0, 0.05) is 56.7 Å². The number of aromatic nitrogens is 1. The average Bonchev–Trinajstić information content (AvgIpc) is 3.29. The molecular weight excluding hydrogens is 607 g/mol. The van der Waals surface area contributed by atoms with E-state index in [4.69, 9.17) is 11.5 Å². The first-order valence-electron chi connectivity index (χ1n) is 9.04. The van der Waals surface area contributed by atoms with Crippen LogP contribution in [0.25, 0.3) is 15.5 Å². The van der Waals surface area contributed by atoms with Crippen molar-refractivity contribution in [3.8, 4) is 0 Å². The predicted octanol–water partition coefficient (Wildman–Crippen LogP) is 0.524. The second-order valence-corrected chi connectivity index (χ2v) is 7.66. The van der Waals surface area contributed by atoms with Gasteiger partial charge in [0.05, 0.1) is 16.3 Å². The maximum Gasteiger partial charge on any atom is 0.213 e. The number of ketones is 1. The molecule has 2 heterocycles. The molecule has 0 bridgehead atoms. The van der Waals surface area contributed by atoms with E-state index in [1.807, 2.05) is 24.3 Å².